The van der Waals surface area contributed by atoms with Gasteiger partial charge >= 0.3 is 0 Å². The van der Waals surface area contributed by atoms with Crippen molar-refractivity contribution in [1.29, 1.82) is 0 Å². The van der Waals surface area contributed by atoms with Crippen LogP contribution < -0.4 is 5.73 Å². The maximum Gasteiger partial charge on any atom is 0.191 e. The molecule has 1 aliphatic heterocycles. The molecule has 0 amide bonds. The van der Waals surface area contributed by atoms with Gasteiger partial charge in [0.15, 0.2) is 5.96 Å². The normalized spacial score (nSPS) is 19.7. The third-order valence-electron chi connectivity index (χ3n) is 3.15. The molecule has 2 rings (SSSR count). The SMILES string of the molecule is CCCn1cc(C2CN=C(N)N2CC(C)C)cn1. The fourth-order valence-corrected chi connectivity index (χ4v) is 2.33. The summed E-state index contributed by atoms with van der Waals surface area (Å²) in [5, 5.41) is 4.39. The minimum absolute atomic E-state index is 0.262. The van der Waals surface area contributed by atoms with Gasteiger partial charge in [-0.1, -0.05) is 20.8 Å². The highest BCUT2D eigenvalue weighted by atomic mass is 15.3. The van der Waals surface area contributed by atoms with Crippen LogP contribution in [0, 0.1) is 5.92 Å². The van der Waals surface area contributed by atoms with Crippen molar-refractivity contribution in [3.63, 3.8) is 0 Å². The first-order valence-electron chi connectivity index (χ1n) is 6.70. The molecule has 0 saturated carbocycles. The number of rotatable bonds is 5. The molecule has 2 heterocycles. The van der Waals surface area contributed by atoms with E-state index >= 15 is 0 Å². The summed E-state index contributed by atoms with van der Waals surface area (Å²) >= 11 is 0. The van der Waals surface area contributed by atoms with E-state index in [1.54, 1.807) is 0 Å². The van der Waals surface area contributed by atoms with Crippen LogP contribution in [0.15, 0.2) is 17.4 Å². The van der Waals surface area contributed by atoms with Crippen LogP contribution in [0.2, 0.25) is 0 Å². The Hall–Kier alpha value is -1.52. The summed E-state index contributed by atoms with van der Waals surface area (Å²) in [5.74, 6) is 1.24. The first-order chi connectivity index (χ1) is 8.61. The van der Waals surface area contributed by atoms with Crippen molar-refractivity contribution in [2.75, 3.05) is 13.1 Å². The molecule has 0 aromatic carbocycles. The standard InChI is InChI=1S/C13H23N5/c1-4-5-17-9-11(6-16-17)12-7-15-13(14)18(12)8-10(2)3/h6,9-10,12H,4-5,7-8H2,1-3H3,(H2,14,15). The van der Waals surface area contributed by atoms with Crippen LogP contribution in [0.4, 0.5) is 0 Å². The Kier molecular flexibility index (Phi) is 3.89. The smallest absolute Gasteiger partial charge is 0.191 e. The topological polar surface area (TPSA) is 59.4 Å². The van der Waals surface area contributed by atoms with Crippen molar-refractivity contribution in [2.45, 2.75) is 39.8 Å². The molecule has 0 spiro atoms. The molecule has 1 unspecified atom stereocenters. The van der Waals surface area contributed by atoms with Gasteiger partial charge in [-0.25, -0.2) is 0 Å². The largest absolute Gasteiger partial charge is 0.370 e. The van der Waals surface area contributed by atoms with Crippen LogP contribution >= 0.6 is 0 Å². The number of aromatic nitrogens is 2. The van der Waals surface area contributed by atoms with Gasteiger partial charge in [0.05, 0.1) is 18.8 Å². The summed E-state index contributed by atoms with van der Waals surface area (Å²) < 4.78 is 2.00. The monoisotopic (exact) mass is 249 g/mol. The second-order valence-corrected chi connectivity index (χ2v) is 5.30. The summed E-state index contributed by atoms with van der Waals surface area (Å²) in [6.07, 6.45) is 5.16. The second kappa shape index (κ2) is 5.42. The average molecular weight is 249 g/mol. The molecule has 0 fully saturated rings. The van der Waals surface area contributed by atoms with Gasteiger partial charge in [0.25, 0.3) is 0 Å². The fourth-order valence-electron chi connectivity index (χ4n) is 2.33. The molecule has 0 radical (unpaired) electrons. The molecule has 100 valence electrons. The minimum atomic E-state index is 0.262. The first kappa shape index (κ1) is 12.9. The Labute approximate surface area is 109 Å². The Morgan fingerprint density at radius 3 is 2.94 bits per heavy atom. The number of nitrogens with two attached hydrogens (primary N) is 1. The van der Waals surface area contributed by atoms with E-state index < -0.39 is 0 Å². The van der Waals surface area contributed by atoms with Crippen LogP contribution in [0.1, 0.15) is 38.8 Å². The van der Waals surface area contributed by atoms with E-state index in [1.807, 2.05) is 10.9 Å². The van der Waals surface area contributed by atoms with Gasteiger partial charge in [-0.2, -0.15) is 5.10 Å². The Bertz CT molecular complexity index is 421. The molecule has 0 bridgehead atoms. The molecule has 5 nitrogen and oxygen atoms in total. The lowest BCUT2D eigenvalue weighted by molar-refractivity contribution is 0.309. The Morgan fingerprint density at radius 1 is 1.50 bits per heavy atom. The molecule has 1 aliphatic rings. The van der Waals surface area contributed by atoms with Gasteiger partial charge in [-0.05, 0) is 12.3 Å². The molecule has 1 atom stereocenters. The predicted molar refractivity (Wildman–Crippen MR) is 73.3 cm³/mol. The van der Waals surface area contributed by atoms with Crippen molar-refractivity contribution >= 4 is 5.96 Å². The van der Waals surface area contributed by atoms with Crippen LogP contribution in [0.25, 0.3) is 0 Å². The summed E-state index contributed by atoms with van der Waals surface area (Å²) in [7, 11) is 0. The summed E-state index contributed by atoms with van der Waals surface area (Å²) in [5.41, 5.74) is 7.19. The first-order valence-corrected chi connectivity index (χ1v) is 6.70. The predicted octanol–water partition coefficient (Wildman–Crippen LogP) is 1.62. The minimum Gasteiger partial charge on any atom is -0.370 e. The highest BCUT2D eigenvalue weighted by Crippen LogP contribution is 2.25. The molecule has 18 heavy (non-hydrogen) atoms. The van der Waals surface area contributed by atoms with Crippen LogP contribution in [-0.4, -0.2) is 33.7 Å². The van der Waals surface area contributed by atoms with Gasteiger partial charge in [-0.3, -0.25) is 9.67 Å². The number of nitrogens with zero attached hydrogens (tertiary/aromatic N) is 4. The highest BCUT2D eigenvalue weighted by Gasteiger charge is 2.28. The van der Waals surface area contributed by atoms with Crippen molar-refractivity contribution in [1.82, 2.24) is 14.7 Å². The van der Waals surface area contributed by atoms with Crippen LogP contribution in [0.5, 0.6) is 0 Å². The molecular weight excluding hydrogens is 226 g/mol. The van der Waals surface area contributed by atoms with Crippen molar-refractivity contribution in [2.24, 2.45) is 16.6 Å². The number of guanidine groups is 1. The fraction of sp³-hybridized carbons (Fsp3) is 0.692. The van der Waals surface area contributed by atoms with E-state index in [2.05, 4.69) is 42.0 Å². The zero-order valence-electron chi connectivity index (χ0n) is 11.5. The maximum absolute atomic E-state index is 5.97. The van der Waals surface area contributed by atoms with Gasteiger partial charge in [-0.15, -0.1) is 0 Å². The molecule has 0 aliphatic carbocycles. The maximum atomic E-state index is 5.97. The quantitative estimate of drug-likeness (QED) is 0.862. The third-order valence-corrected chi connectivity index (χ3v) is 3.15. The zero-order chi connectivity index (χ0) is 13.1. The van der Waals surface area contributed by atoms with Crippen LogP contribution in [0.3, 0.4) is 0 Å². The van der Waals surface area contributed by atoms with Gasteiger partial charge < -0.3 is 10.6 Å². The third kappa shape index (κ3) is 2.66. The molecular formula is C13H23N5. The van der Waals surface area contributed by atoms with Crippen LogP contribution in [-0.2, 0) is 6.54 Å². The van der Waals surface area contributed by atoms with Gasteiger partial charge in [0.2, 0.25) is 0 Å². The average Bonchev–Trinajstić information content (AvgIpc) is 2.88. The van der Waals surface area contributed by atoms with E-state index in [9.17, 15) is 0 Å². The number of hydrogen-bond donors (Lipinski definition) is 1. The number of aryl methyl sites for hydroxylation is 1. The zero-order valence-corrected chi connectivity index (χ0v) is 11.5. The highest BCUT2D eigenvalue weighted by molar-refractivity contribution is 5.80. The summed E-state index contributed by atoms with van der Waals surface area (Å²) in [4.78, 5) is 6.56. The number of hydrogen-bond acceptors (Lipinski definition) is 4. The van der Waals surface area contributed by atoms with E-state index in [4.69, 9.17) is 5.73 Å². The lowest BCUT2D eigenvalue weighted by atomic mass is 10.1. The van der Waals surface area contributed by atoms with E-state index in [0.29, 0.717) is 11.9 Å². The summed E-state index contributed by atoms with van der Waals surface area (Å²) in [6, 6.07) is 0.262. The van der Waals surface area contributed by atoms with Crippen molar-refractivity contribution < 1.29 is 0 Å². The van der Waals surface area contributed by atoms with Crippen molar-refractivity contribution in [3.8, 4) is 0 Å². The molecule has 1 aromatic heterocycles. The van der Waals surface area contributed by atoms with Gasteiger partial charge in [0.1, 0.15) is 0 Å². The van der Waals surface area contributed by atoms with Gasteiger partial charge in [0, 0.05) is 24.8 Å². The van der Waals surface area contributed by atoms with E-state index in [-0.39, 0.29) is 6.04 Å². The summed E-state index contributed by atoms with van der Waals surface area (Å²) in [6.45, 7) is 9.21. The number of aliphatic imine (C=N–C) groups is 1. The second-order valence-electron chi connectivity index (χ2n) is 5.30. The molecule has 2 N–H and O–H groups in total. The lowest BCUT2D eigenvalue weighted by Gasteiger charge is -2.27. The Morgan fingerprint density at radius 2 is 2.28 bits per heavy atom. The lowest BCUT2D eigenvalue weighted by Crippen LogP contribution is -2.38. The van der Waals surface area contributed by atoms with Crippen molar-refractivity contribution in [3.05, 3.63) is 18.0 Å². The molecule has 0 saturated heterocycles. The Balaban J connectivity index is 2.11. The van der Waals surface area contributed by atoms with E-state index in [0.717, 1.165) is 26.1 Å². The van der Waals surface area contributed by atoms with E-state index in [1.165, 1.54) is 5.56 Å². The molecule has 1 aromatic rings. The molecule has 5 heteroatoms.